The van der Waals surface area contributed by atoms with Gasteiger partial charge >= 0.3 is 5.97 Å². The van der Waals surface area contributed by atoms with Crippen LogP contribution in [0, 0.1) is 0 Å². The molecule has 2 atom stereocenters. The molecule has 2 aromatic carbocycles. The molecule has 1 aliphatic heterocycles. The standard InChI is InChI=1S/C18H19NO3S/c1-19-16(14-9-5-3-6-10-14)13-18(22-19,17(20)21-2)23-15-11-7-4-8-12-15/h3-12,16H,13H2,1-2H3/t16-,18+/m1/s1. The monoisotopic (exact) mass is 329 g/mol. The third-order valence-electron chi connectivity index (χ3n) is 3.90. The van der Waals surface area contributed by atoms with Crippen LogP contribution in [0.25, 0.3) is 0 Å². The fourth-order valence-corrected chi connectivity index (χ4v) is 4.01. The summed E-state index contributed by atoms with van der Waals surface area (Å²) in [5.41, 5.74) is 1.12. The van der Waals surface area contributed by atoms with Gasteiger partial charge in [-0.1, -0.05) is 60.3 Å². The summed E-state index contributed by atoms with van der Waals surface area (Å²) >= 11 is 1.40. The number of carbonyl (C=O) groups is 1. The Bertz CT molecular complexity index is 664. The van der Waals surface area contributed by atoms with Crippen molar-refractivity contribution in [2.75, 3.05) is 14.2 Å². The highest BCUT2D eigenvalue weighted by atomic mass is 32.2. The van der Waals surface area contributed by atoms with Crippen LogP contribution in [0.5, 0.6) is 0 Å². The fraction of sp³-hybridized carbons (Fsp3) is 0.278. The molecule has 0 aliphatic carbocycles. The summed E-state index contributed by atoms with van der Waals surface area (Å²) in [7, 11) is 3.25. The van der Waals surface area contributed by atoms with Gasteiger partial charge in [0.2, 0.25) is 4.93 Å². The van der Waals surface area contributed by atoms with Crippen molar-refractivity contribution in [3.8, 4) is 0 Å². The van der Waals surface area contributed by atoms with Crippen molar-refractivity contribution in [3.63, 3.8) is 0 Å². The van der Waals surface area contributed by atoms with Gasteiger partial charge in [0, 0.05) is 18.4 Å². The lowest BCUT2D eigenvalue weighted by molar-refractivity contribution is -0.187. The molecule has 3 rings (SSSR count). The number of benzene rings is 2. The lowest BCUT2D eigenvalue weighted by Gasteiger charge is -2.24. The normalized spacial score (nSPS) is 24.5. The Labute approximate surface area is 140 Å². The Balaban J connectivity index is 1.90. The topological polar surface area (TPSA) is 38.8 Å². The molecule has 0 radical (unpaired) electrons. The van der Waals surface area contributed by atoms with Crippen LogP contribution < -0.4 is 0 Å². The van der Waals surface area contributed by atoms with E-state index in [0.717, 1.165) is 10.5 Å². The van der Waals surface area contributed by atoms with E-state index in [0.29, 0.717) is 6.42 Å². The summed E-state index contributed by atoms with van der Waals surface area (Å²) in [6.45, 7) is 0. The molecule has 0 saturated carbocycles. The zero-order chi connectivity index (χ0) is 16.3. The average Bonchev–Trinajstić information content (AvgIpc) is 2.93. The second-order valence-corrected chi connectivity index (χ2v) is 6.76. The Hall–Kier alpha value is -1.82. The van der Waals surface area contributed by atoms with Crippen molar-refractivity contribution in [2.24, 2.45) is 0 Å². The maximum atomic E-state index is 12.5. The molecule has 0 aromatic heterocycles. The van der Waals surface area contributed by atoms with Crippen LogP contribution in [-0.4, -0.2) is 30.1 Å². The minimum atomic E-state index is -1.06. The van der Waals surface area contributed by atoms with E-state index in [1.54, 1.807) is 5.06 Å². The largest absolute Gasteiger partial charge is 0.466 e. The quantitative estimate of drug-likeness (QED) is 0.801. The Morgan fingerprint density at radius 3 is 2.39 bits per heavy atom. The van der Waals surface area contributed by atoms with Gasteiger partial charge in [0.05, 0.1) is 13.2 Å². The second kappa shape index (κ2) is 6.74. The van der Waals surface area contributed by atoms with Gasteiger partial charge in [-0.25, -0.2) is 4.79 Å². The Morgan fingerprint density at radius 2 is 1.78 bits per heavy atom. The maximum Gasteiger partial charge on any atom is 0.351 e. The predicted octanol–water partition coefficient (Wildman–Crippen LogP) is 3.66. The summed E-state index contributed by atoms with van der Waals surface area (Å²) in [5.74, 6) is -0.364. The number of carbonyl (C=O) groups excluding carboxylic acids is 1. The minimum absolute atomic E-state index is 0.00603. The molecular weight excluding hydrogens is 310 g/mol. The van der Waals surface area contributed by atoms with Crippen LogP contribution in [0.15, 0.2) is 65.6 Å². The SMILES string of the molecule is COC(=O)[C@@]1(Sc2ccccc2)C[C@H](c2ccccc2)N(C)O1. The van der Waals surface area contributed by atoms with E-state index >= 15 is 0 Å². The summed E-state index contributed by atoms with van der Waals surface area (Å²) in [6, 6.07) is 19.8. The fourth-order valence-electron chi connectivity index (χ4n) is 2.78. The maximum absolute atomic E-state index is 12.5. The Kier molecular flexibility index (Phi) is 4.71. The Morgan fingerprint density at radius 1 is 1.17 bits per heavy atom. The first-order valence-electron chi connectivity index (χ1n) is 7.44. The molecule has 1 aliphatic rings. The lowest BCUT2D eigenvalue weighted by atomic mass is 10.0. The summed E-state index contributed by atoms with van der Waals surface area (Å²) < 4.78 is 5.03. The number of esters is 1. The number of rotatable bonds is 4. The van der Waals surface area contributed by atoms with Crippen molar-refractivity contribution >= 4 is 17.7 Å². The molecule has 0 N–H and O–H groups in total. The highest BCUT2D eigenvalue weighted by Crippen LogP contribution is 2.48. The van der Waals surface area contributed by atoms with Crippen molar-refractivity contribution in [1.29, 1.82) is 0 Å². The van der Waals surface area contributed by atoms with Crippen molar-refractivity contribution < 1.29 is 14.4 Å². The number of hydrogen-bond acceptors (Lipinski definition) is 5. The van der Waals surface area contributed by atoms with Gasteiger partial charge in [-0.15, -0.1) is 0 Å². The zero-order valence-electron chi connectivity index (χ0n) is 13.1. The van der Waals surface area contributed by atoms with Gasteiger partial charge in [0.1, 0.15) is 0 Å². The first-order valence-corrected chi connectivity index (χ1v) is 8.26. The van der Waals surface area contributed by atoms with E-state index in [9.17, 15) is 4.79 Å². The second-order valence-electron chi connectivity index (χ2n) is 5.43. The zero-order valence-corrected chi connectivity index (χ0v) is 14.0. The summed E-state index contributed by atoms with van der Waals surface area (Å²) in [5, 5.41) is 1.75. The van der Waals surface area contributed by atoms with E-state index in [1.807, 2.05) is 67.7 Å². The summed E-state index contributed by atoms with van der Waals surface area (Å²) in [6.07, 6.45) is 0.528. The number of hydroxylamine groups is 2. The molecule has 4 nitrogen and oxygen atoms in total. The highest BCUT2D eigenvalue weighted by molar-refractivity contribution is 8.01. The van der Waals surface area contributed by atoms with Crippen LogP contribution in [0.4, 0.5) is 0 Å². The van der Waals surface area contributed by atoms with Gasteiger partial charge in [0.15, 0.2) is 0 Å². The molecule has 0 amide bonds. The van der Waals surface area contributed by atoms with Crippen LogP contribution in [0.2, 0.25) is 0 Å². The number of nitrogens with zero attached hydrogens (tertiary/aromatic N) is 1. The number of hydrogen-bond donors (Lipinski definition) is 0. The van der Waals surface area contributed by atoms with Gasteiger partial charge in [-0.05, 0) is 17.7 Å². The van der Waals surface area contributed by atoms with Gasteiger partial charge < -0.3 is 4.74 Å². The molecule has 1 fully saturated rings. The van der Waals surface area contributed by atoms with Crippen LogP contribution in [0.1, 0.15) is 18.0 Å². The van der Waals surface area contributed by atoms with E-state index < -0.39 is 4.93 Å². The van der Waals surface area contributed by atoms with Crippen LogP contribution in [-0.2, 0) is 14.4 Å². The molecule has 2 aromatic rings. The van der Waals surface area contributed by atoms with Crippen LogP contribution >= 0.6 is 11.8 Å². The minimum Gasteiger partial charge on any atom is -0.466 e. The highest BCUT2D eigenvalue weighted by Gasteiger charge is 2.52. The van der Waals surface area contributed by atoms with E-state index in [-0.39, 0.29) is 12.0 Å². The lowest BCUT2D eigenvalue weighted by Crippen LogP contribution is -2.36. The van der Waals surface area contributed by atoms with Crippen molar-refractivity contribution in [2.45, 2.75) is 22.3 Å². The third kappa shape index (κ3) is 3.27. The predicted molar refractivity (Wildman–Crippen MR) is 89.7 cm³/mol. The molecule has 1 heterocycles. The number of methoxy groups -OCH3 is 1. The van der Waals surface area contributed by atoms with E-state index in [1.165, 1.54) is 18.9 Å². The smallest absolute Gasteiger partial charge is 0.351 e. The van der Waals surface area contributed by atoms with Crippen LogP contribution in [0.3, 0.4) is 0 Å². The molecule has 120 valence electrons. The molecule has 0 unspecified atom stereocenters. The van der Waals surface area contributed by atoms with E-state index in [2.05, 4.69) is 0 Å². The average molecular weight is 329 g/mol. The number of thioether (sulfide) groups is 1. The molecule has 1 saturated heterocycles. The molecule has 5 heteroatoms. The first kappa shape index (κ1) is 16.1. The van der Waals surface area contributed by atoms with E-state index in [4.69, 9.17) is 9.57 Å². The summed E-state index contributed by atoms with van der Waals surface area (Å²) in [4.78, 5) is 18.4. The van der Waals surface area contributed by atoms with Crippen molar-refractivity contribution in [1.82, 2.24) is 5.06 Å². The van der Waals surface area contributed by atoms with Gasteiger partial charge in [-0.2, -0.15) is 5.06 Å². The third-order valence-corrected chi connectivity index (χ3v) is 5.14. The molecule has 0 bridgehead atoms. The van der Waals surface area contributed by atoms with Gasteiger partial charge in [-0.3, -0.25) is 4.84 Å². The van der Waals surface area contributed by atoms with Crippen molar-refractivity contribution in [3.05, 3.63) is 66.2 Å². The molecular formula is C18H19NO3S. The first-order chi connectivity index (χ1) is 11.1. The number of ether oxygens (including phenoxy) is 1. The van der Waals surface area contributed by atoms with Gasteiger partial charge in [0.25, 0.3) is 0 Å². The molecule has 0 spiro atoms. The molecule has 23 heavy (non-hydrogen) atoms.